The van der Waals surface area contributed by atoms with Gasteiger partial charge in [-0.15, -0.1) is 0 Å². The molecule has 3 nitrogen and oxygen atoms in total. The van der Waals surface area contributed by atoms with Gasteiger partial charge in [-0.1, -0.05) is 0 Å². The van der Waals surface area contributed by atoms with Crippen LogP contribution in [0, 0.1) is 0 Å². The smallest absolute Gasteiger partial charge is 0.398 e. The Labute approximate surface area is 127 Å². The minimum absolute atomic E-state index is 0.179. The third-order valence-electron chi connectivity index (χ3n) is 5.94. The van der Waals surface area contributed by atoms with Crippen LogP contribution in [0.3, 0.4) is 0 Å². The molecule has 1 aliphatic carbocycles. The van der Waals surface area contributed by atoms with E-state index < -0.39 is 18.3 Å². The van der Waals surface area contributed by atoms with Crippen LogP contribution >= 0.6 is 0 Å². The average Bonchev–Trinajstić information content (AvgIpc) is 2.93. The van der Waals surface area contributed by atoms with Crippen molar-refractivity contribution in [1.29, 1.82) is 0 Å². The van der Waals surface area contributed by atoms with Gasteiger partial charge in [0, 0.05) is 5.54 Å². The summed E-state index contributed by atoms with van der Waals surface area (Å²) in [6.45, 7) is 8.96. The number of allylic oxidation sites excluding steroid dienone is 1. The molecule has 0 radical (unpaired) electrons. The predicted molar refractivity (Wildman–Crippen MR) is 82.7 cm³/mol. The minimum Gasteiger partial charge on any atom is -0.398 e. The highest BCUT2D eigenvalue weighted by Gasteiger charge is 2.53. The van der Waals surface area contributed by atoms with Gasteiger partial charge >= 0.3 is 7.12 Å². The maximum atomic E-state index is 14.8. The van der Waals surface area contributed by atoms with E-state index in [2.05, 4.69) is 5.32 Å². The lowest BCUT2D eigenvalue weighted by molar-refractivity contribution is 0.00578. The first-order valence-corrected chi connectivity index (χ1v) is 8.23. The molecule has 2 heterocycles. The molecule has 2 aliphatic heterocycles. The van der Waals surface area contributed by atoms with Gasteiger partial charge in [0.05, 0.1) is 11.2 Å². The summed E-state index contributed by atoms with van der Waals surface area (Å²) in [5, 5.41) is 3.62. The first-order valence-electron chi connectivity index (χ1n) is 8.23. The van der Waals surface area contributed by atoms with Crippen molar-refractivity contribution in [3.05, 3.63) is 11.3 Å². The van der Waals surface area contributed by atoms with Crippen LogP contribution < -0.4 is 5.32 Å². The zero-order chi connectivity index (χ0) is 15.3. The third-order valence-corrected chi connectivity index (χ3v) is 5.94. The maximum Gasteiger partial charge on any atom is 0.525 e. The highest BCUT2D eigenvalue weighted by molar-refractivity contribution is 6.53. The van der Waals surface area contributed by atoms with Crippen LogP contribution in [0.1, 0.15) is 66.2 Å². The van der Waals surface area contributed by atoms with E-state index in [9.17, 15) is 4.39 Å². The summed E-state index contributed by atoms with van der Waals surface area (Å²) >= 11 is 0. The average molecular weight is 295 g/mol. The molecule has 1 saturated carbocycles. The SMILES string of the molecule is CC1(C)OB(C(F)=C2CCC3(CCCN3)CC2)OC1(C)C. The second kappa shape index (κ2) is 5.07. The largest absolute Gasteiger partial charge is 0.525 e. The fraction of sp³-hybridized carbons (Fsp3) is 0.875. The standard InChI is InChI=1S/C16H27BFNO2/c1-14(2)15(3,4)21-17(20-14)13(18)12-6-9-16(10-7-12)8-5-11-19-16/h19H,5-11H2,1-4H3. The number of hydrogen-bond donors (Lipinski definition) is 1. The molecule has 0 aromatic heterocycles. The topological polar surface area (TPSA) is 30.5 Å². The van der Waals surface area contributed by atoms with Crippen molar-refractivity contribution in [3.8, 4) is 0 Å². The lowest BCUT2D eigenvalue weighted by Gasteiger charge is -2.35. The summed E-state index contributed by atoms with van der Waals surface area (Å²) in [5.41, 5.74) is 0.0470. The van der Waals surface area contributed by atoms with E-state index in [1.807, 2.05) is 27.7 Å². The molecule has 3 fully saturated rings. The lowest BCUT2D eigenvalue weighted by atomic mass is 9.74. The molecule has 0 bridgehead atoms. The second-order valence-electron chi connectivity index (χ2n) is 7.85. The van der Waals surface area contributed by atoms with Gasteiger partial charge in [0.25, 0.3) is 0 Å². The number of hydrogen-bond acceptors (Lipinski definition) is 3. The second-order valence-corrected chi connectivity index (χ2v) is 7.85. The van der Waals surface area contributed by atoms with Gasteiger partial charge in [0.15, 0.2) is 0 Å². The monoisotopic (exact) mass is 295 g/mol. The number of nitrogens with one attached hydrogen (secondary N) is 1. The van der Waals surface area contributed by atoms with Crippen molar-refractivity contribution in [3.63, 3.8) is 0 Å². The third kappa shape index (κ3) is 2.68. The first-order chi connectivity index (χ1) is 9.75. The normalized spacial score (nSPS) is 34.7. The van der Waals surface area contributed by atoms with Crippen molar-refractivity contribution in [2.45, 2.75) is 83.0 Å². The Kier molecular flexibility index (Phi) is 3.74. The van der Waals surface area contributed by atoms with E-state index in [0.717, 1.165) is 37.8 Å². The van der Waals surface area contributed by atoms with Crippen molar-refractivity contribution < 1.29 is 13.7 Å². The Morgan fingerprint density at radius 2 is 1.62 bits per heavy atom. The van der Waals surface area contributed by atoms with Crippen LogP contribution in [0.4, 0.5) is 4.39 Å². The lowest BCUT2D eigenvalue weighted by Crippen LogP contribution is -2.42. The van der Waals surface area contributed by atoms with Crippen molar-refractivity contribution in [1.82, 2.24) is 5.32 Å². The number of halogens is 1. The molecule has 5 heteroatoms. The maximum absolute atomic E-state index is 14.8. The molecule has 118 valence electrons. The summed E-state index contributed by atoms with van der Waals surface area (Å²) in [7, 11) is -0.824. The molecule has 0 amide bonds. The molecule has 21 heavy (non-hydrogen) atoms. The Morgan fingerprint density at radius 3 is 2.10 bits per heavy atom. The van der Waals surface area contributed by atoms with Crippen molar-refractivity contribution in [2.75, 3.05) is 6.54 Å². The summed E-state index contributed by atoms with van der Waals surface area (Å²) < 4.78 is 26.4. The number of rotatable bonds is 1. The summed E-state index contributed by atoms with van der Waals surface area (Å²) in [4.78, 5) is 0. The van der Waals surface area contributed by atoms with Crippen LogP contribution in [-0.4, -0.2) is 30.4 Å². The van der Waals surface area contributed by atoms with Gasteiger partial charge in [-0.2, -0.15) is 0 Å². The summed E-state index contributed by atoms with van der Waals surface area (Å²) in [5.74, 6) is 0. The van der Waals surface area contributed by atoms with E-state index >= 15 is 0 Å². The van der Waals surface area contributed by atoms with Crippen LogP contribution in [0.25, 0.3) is 0 Å². The van der Waals surface area contributed by atoms with Gasteiger partial charge in [-0.05, 0) is 78.3 Å². The predicted octanol–water partition coefficient (Wildman–Crippen LogP) is 3.54. The van der Waals surface area contributed by atoms with Crippen LogP contribution in [-0.2, 0) is 9.31 Å². The molecule has 3 rings (SSSR count). The Bertz CT molecular complexity index is 427. The minimum atomic E-state index is -0.824. The molecular formula is C16H27BFNO2. The zero-order valence-electron chi connectivity index (χ0n) is 13.7. The summed E-state index contributed by atoms with van der Waals surface area (Å²) in [6, 6.07) is 0. The molecule has 0 atom stereocenters. The van der Waals surface area contributed by atoms with Gasteiger partial charge in [-0.25, -0.2) is 4.39 Å². The van der Waals surface area contributed by atoms with E-state index in [1.54, 1.807) is 0 Å². The fourth-order valence-corrected chi connectivity index (χ4v) is 3.68. The van der Waals surface area contributed by atoms with E-state index in [1.165, 1.54) is 12.8 Å². The van der Waals surface area contributed by atoms with Crippen LogP contribution in [0.2, 0.25) is 0 Å². The Balaban J connectivity index is 1.70. The quantitative estimate of drug-likeness (QED) is 0.751. The van der Waals surface area contributed by atoms with E-state index in [0.29, 0.717) is 0 Å². The van der Waals surface area contributed by atoms with Gasteiger partial charge in [0.1, 0.15) is 5.73 Å². The Morgan fingerprint density at radius 1 is 1.05 bits per heavy atom. The van der Waals surface area contributed by atoms with Crippen LogP contribution in [0.5, 0.6) is 0 Å². The molecule has 1 spiro atoms. The van der Waals surface area contributed by atoms with E-state index in [4.69, 9.17) is 9.31 Å². The molecule has 0 aromatic carbocycles. The van der Waals surface area contributed by atoms with Gasteiger partial charge in [-0.3, -0.25) is 0 Å². The highest BCUT2D eigenvalue weighted by Crippen LogP contribution is 2.43. The summed E-state index contributed by atoms with van der Waals surface area (Å²) in [6.07, 6.45) is 6.20. The highest BCUT2D eigenvalue weighted by atomic mass is 19.1. The van der Waals surface area contributed by atoms with Crippen LogP contribution in [0.15, 0.2) is 11.3 Å². The molecular weight excluding hydrogens is 268 g/mol. The molecule has 1 N–H and O–H groups in total. The molecule has 0 aromatic rings. The van der Waals surface area contributed by atoms with Gasteiger partial charge in [0.2, 0.25) is 0 Å². The van der Waals surface area contributed by atoms with Crippen molar-refractivity contribution in [2.24, 2.45) is 0 Å². The van der Waals surface area contributed by atoms with Gasteiger partial charge < -0.3 is 14.6 Å². The molecule has 0 unspecified atom stereocenters. The zero-order valence-corrected chi connectivity index (χ0v) is 13.7. The molecule has 3 aliphatic rings. The van der Waals surface area contributed by atoms with Crippen molar-refractivity contribution >= 4 is 7.12 Å². The van der Waals surface area contributed by atoms with E-state index in [-0.39, 0.29) is 11.3 Å². The fourth-order valence-electron chi connectivity index (χ4n) is 3.68. The molecule has 2 saturated heterocycles. The first kappa shape index (κ1) is 15.5. The Hall–Kier alpha value is -0.385.